The number of hydrogen-bond donors (Lipinski definition) is 1. The van der Waals surface area contributed by atoms with E-state index in [0.717, 1.165) is 9.13 Å². The minimum absolute atomic E-state index is 0.0781. The number of rotatable bonds is 7. The molecule has 0 heterocycles. The van der Waals surface area contributed by atoms with Gasteiger partial charge in [0.05, 0.1) is 17.2 Å². The van der Waals surface area contributed by atoms with Crippen LogP contribution in [0, 0.1) is 14.9 Å². The van der Waals surface area contributed by atoms with Crippen LogP contribution in [0.4, 0.5) is 5.69 Å². The second-order valence-electron chi connectivity index (χ2n) is 6.58. The number of carbonyl (C=O) groups excluding carboxylic acids is 1. The Hall–Kier alpha value is -2.73. The number of nitrogens with zero attached hydrogens (tertiary/aromatic N) is 1. The van der Waals surface area contributed by atoms with Crippen LogP contribution in [0.15, 0.2) is 66.2 Å². The van der Waals surface area contributed by atoms with Crippen LogP contribution in [-0.2, 0) is 11.4 Å². The van der Waals surface area contributed by atoms with Crippen LogP contribution in [0.5, 0.6) is 11.5 Å². The zero-order valence-electron chi connectivity index (χ0n) is 16.9. The van der Waals surface area contributed by atoms with Crippen LogP contribution in [-0.4, -0.2) is 13.0 Å². The van der Waals surface area contributed by atoms with Gasteiger partial charge in [-0.3, -0.25) is 4.79 Å². The van der Waals surface area contributed by atoms with Gasteiger partial charge in [0.15, 0.2) is 11.5 Å². The van der Waals surface area contributed by atoms with E-state index < -0.39 is 5.91 Å². The van der Waals surface area contributed by atoms with E-state index in [0.29, 0.717) is 39.4 Å². The molecule has 0 saturated carbocycles. The van der Waals surface area contributed by atoms with Crippen LogP contribution in [0.1, 0.15) is 11.1 Å². The summed E-state index contributed by atoms with van der Waals surface area (Å²) in [5.41, 5.74) is 2.00. The molecule has 1 amide bonds. The first kappa shape index (κ1) is 23.9. The van der Waals surface area contributed by atoms with Crippen LogP contribution in [0.2, 0.25) is 10.0 Å². The van der Waals surface area contributed by atoms with Crippen LogP contribution in [0.3, 0.4) is 0 Å². The van der Waals surface area contributed by atoms with Crippen LogP contribution >= 0.6 is 45.8 Å². The van der Waals surface area contributed by atoms with Crippen molar-refractivity contribution < 1.29 is 14.3 Å². The fourth-order valence-electron chi connectivity index (χ4n) is 2.72. The highest BCUT2D eigenvalue weighted by atomic mass is 127. The minimum Gasteiger partial charge on any atom is -0.493 e. The van der Waals surface area contributed by atoms with E-state index in [4.69, 9.17) is 32.7 Å². The Bertz CT molecular complexity index is 1200. The molecule has 3 aromatic rings. The Morgan fingerprint density at radius 1 is 1.06 bits per heavy atom. The molecule has 5 nitrogen and oxygen atoms in total. The Morgan fingerprint density at radius 2 is 1.81 bits per heavy atom. The van der Waals surface area contributed by atoms with Gasteiger partial charge in [0.2, 0.25) is 0 Å². The average Bonchev–Trinajstić information content (AvgIpc) is 2.79. The topological polar surface area (TPSA) is 71.3 Å². The number of hydrogen-bond acceptors (Lipinski definition) is 4. The fourth-order valence-corrected chi connectivity index (χ4v) is 3.38. The Morgan fingerprint density at radius 3 is 2.47 bits per heavy atom. The summed E-state index contributed by atoms with van der Waals surface area (Å²) in [4.78, 5) is 12.5. The lowest BCUT2D eigenvalue weighted by atomic mass is 10.1. The molecule has 8 heteroatoms. The van der Waals surface area contributed by atoms with Crippen LogP contribution < -0.4 is 14.8 Å². The Labute approximate surface area is 209 Å². The molecule has 0 aliphatic carbocycles. The highest BCUT2D eigenvalue weighted by Crippen LogP contribution is 2.30. The molecule has 0 aliphatic heterocycles. The van der Waals surface area contributed by atoms with Crippen molar-refractivity contribution in [1.82, 2.24) is 0 Å². The van der Waals surface area contributed by atoms with E-state index in [2.05, 4.69) is 27.9 Å². The second kappa shape index (κ2) is 11.2. The minimum atomic E-state index is -0.566. The van der Waals surface area contributed by atoms with Gasteiger partial charge >= 0.3 is 0 Å². The molecule has 1 N–H and O–H groups in total. The first-order valence-corrected chi connectivity index (χ1v) is 11.2. The third-order valence-electron chi connectivity index (χ3n) is 4.35. The molecule has 0 unspecified atom stereocenters. The number of halogens is 3. The number of ether oxygens (including phenoxy) is 2. The molecular formula is C24H17Cl2IN2O3. The summed E-state index contributed by atoms with van der Waals surface area (Å²) in [6.07, 6.45) is 1.47. The number of methoxy groups -OCH3 is 1. The molecule has 0 fully saturated rings. The first-order valence-electron chi connectivity index (χ1n) is 9.33. The lowest BCUT2D eigenvalue weighted by Crippen LogP contribution is -2.13. The van der Waals surface area contributed by atoms with Gasteiger partial charge in [-0.15, -0.1) is 0 Å². The number of carbonyl (C=O) groups is 1. The smallest absolute Gasteiger partial charge is 0.266 e. The zero-order valence-corrected chi connectivity index (χ0v) is 20.5. The zero-order chi connectivity index (χ0) is 23.1. The number of benzene rings is 3. The van der Waals surface area contributed by atoms with Gasteiger partial charge < -0.3 is 14.8 Å². The summed E-state index contributed by atoms with van der Waals surface area (Å²) in [5.74, 6) is 0.484. The quantitative estimate of drug-likeness (QED) is 0.192. The summed E-state index contributed by atoms with van der Waals surface area (Å²) < 4.78 is 12.4. The lowest BCUT2D eigenvalue weighted by Gasteiger charge is -2.12. The standard InChI is InChI=1S/C24H17Cl2IN2O3/c1-31-23-11-16(4-9-22(23)32-14-15-2-5-18(27)6-3-15)10-17(13-28)24(30)29-19-7-8-20(25)21(26)12-19/h2-12H,14H2,1H3,(H,29,30)/b17-10-. The van der Waals surface area contributed by atoms with Crippen molar-refractivity contribution in [2.75, 3.05) is 12.4 Å². The summed E-state index contributed by atoms with van der Waals surface area (Å²) in [5, 5.41) is 12.8. The molecule has 3 rings (SSSR count). The summed E-state index contributed by atoms with van der Waals surface area (Å²) in [6.45, 7) is 0.387. The van der Waals surface area contributed by atoms with Gasteiger partial charge in [-0.2, -0.15) is 5.26 Å². The molecule has 32 heavy (non-hydrogen) atoms. The maximum Gasteiger partial charge on any atom is 0.266 e. The SMILES string of the molecule is COc1cc(/C=C(/C#N)C(=O)Nc2ccc(Cl)c(Cl)c2)ccc1OCc1ccc(I)cc1. The molecule has 0 aromatic heterocycles. The third kappa shape index (κ3) is 6.39. The lowest BCUT2D eigenvalue weighted by molar-refractivity contribution is -0.112. The monoisotopic (exact) mass is 578 g/mol. The highest BCUT2D eigenvalue weighted by molar-refractivity contribution is 14.1. The summed E-state index contributed by atoms with van der Waals surface area (Å²) >= 11 is 14.1. The van der Waals surface area contributed by atoms with E-state index in [1.807, 2.05) is 30.3 Å². The van der Waals surface area contributed by atoms with Gasteiger partial charge in [-0.25, -0.2) is 0 Å². The van der Waals surface area contributed by atoms with Gasteiger partial charge in [0.1, 0.15) is 18.2 Å². The molecule has 0 radical (unpaired) electrons. The normalized spacial score (nSPS) is 10.9. The van der Waals surface area contributed by atoms with Crippen molar-refractivity contribution in [3.8, 4) is 17.6 Å². The summed E-state index contributed by atoms with van der Waals surface area (Å²) in [7, 11) is 1.53. The molecule has 0 saturated heterocycles. The van der Waals surface area contributed by atoms with Gasteiger partial charge in [-0.05, 0) is 82.3 Å². The molecule has 0 aliphatic rings. The number of anilines is 1. The van der Waals surface area contributed by atoms with E-state index >= 15 is 0 Å². The van der Waals surface area contributed by atoms with Gasteiger partial charge in [0, 0.05) is 9.26 Å². The van der Waals surface area contributed by atoms with E-state index in [9.17, 15) is 10.1 Å². The number of nitriles is 1. The summed E-state index contributed by atoms with van der Waals surface area (Å²) in [6, 6.07) is 19.8. The van der Waals surface area contributed by atoms with Crippen molar-refractivity contribution >= 4 is 63.5 Å². The molecular weight excluding hydrogens is 562 g/mol. The fraction of sp³-hybridized carbons (Fsp3) is 0.0833. The van der Waals surface area contributed by atoms with Gasteiger partial charge in [-0.1, -0.05) is 41.4 Å². The molecule has 3 aromatic carbocycles. The van der Waals surface area contributed by atoms with Gasteiger partial charge in [0.25, 0.3) is 5.91 Å². The maximum absolute atomic E-state index is 12.5. The van der Waals surface area contributed by atoms with Crippen molar-refractivity contribution in [3.05, 3.63) is 91.0 Å². The predicted molar refractivity (Wildman–Crippen MR) is 135 cm³/mol. The number of nitrogens with one attached hydrogen (secondary N) is 1. The Kier molecular flexibility index (Phi) is 8.39. The second-order valence-corrected chi connectivity index (χ2v) is 8.64. The first-order chi connectivity index (χ1) is 15.4. The third-order valence-corrected chi connectivity index (χ3v) is 5.81. The molecule has 0 atom stereocenters. The van der Waals surface area contributed by atoms with Crippen LogP contribution in [0.25, 0.3) is 6.08 Å². The van der Waals surface area contributed by atoms with Crippen molar-refractivity contribution in [3.63, 3.8) is 0 Å². The number of amides is 1. The van der Waals surface area contributed by atoms with Crippen molar-refractivity contribution in [2.45, 2.75) is 6.61 Å². The van der Waals surface area contributed by atoms with E-state index in [1.165, 1.54) is 19.3 Å². The van der Waals surface area contributed by atoms with Crippen molar-refractivity contribution in [2.24, 2.45) is 0 Å². The maximum atomic E-state index is 12.5. The van der Waals surface area contributed by atoms with E-state index in [-0.39, 0.29) is 5.57 Å². The average molecular weight is 579 g/mol. The highest BCUT2D eigenvalue weighted by Gasteiger charge is 2.12. The van der Waals surface area contributed by atoms with Crippen molar-refractivity contribution in [1.29, 1.82) is 5.26 Å². The molecule has 162 valence electrons. The largest absolute Gasteiger partial charge is 0.493 e. The predicted octanol–water partition coefficient (Wildman–Crippen LogP) is 6.73. The molecule has 0 spiro atoms. The Balaban J connectivity index is 1.75. The van der Waals surface area contributed by atoms with E-state index in [1.54, 1.807) is 30.3 Å². The molecule has 0 bridgehead atoms.